The molecule has 134 valence electrons. The van der Waals surface area contributed by atoms with E-state index in [1.165, 1.54) is 17.7 Å². The van der Waals surface area contributed by atoms with Crippen LogP contribution in [0.2, 0.25) is 0 Å². The molecular weight excluding hydrogens is 339 g/mol. The molecule has 3 aromatic rings. The molecule has 0 saturated heterocycles. The first-order valence-electron chi connectivity index (χ1n) is 8.45. The van der Waals surface area contributed by atoms with Crippen molar-refractivity contribution < 1.29 is 13.2 Å². The number of nitrogens with zero attached hydrogens (tertiary/aromatic N) is 2. The maximum absolute atomic E-state index is 13.1. The molecule has 0 amide bonds. The molecule has 6 heteroatoms. The first kappa shape index (κ1) is 16.7. The van der Waals surface area contributed by atoms with E-state index in [-0.39, 0.29) is 0 Å². The SMILES string of the molecule is Cc1ccc(-n2nc(-c3cccc(C(F)(F)F)c3)c3c2NCC3)cc1C. The molecule has 3 nitrogen and oxygen atoms in total. The molecule has 4 rings (SSSR count). The van der Waals surface area contributed by atoms with Gasteiger partial charge in [0.15, 0.2) is 0 Å². The highest BCUT2D eigenvalue weighted by atomic mass is 19.4. The summed E-state index contributed by atoms with van der Waals surface area (Å²) in [4.78, 5) is 0. The summed E-state index contributed by atoms with van der Waals surface area (Å²) in [6, 6.07) is 11.4. The highest BCUT2D eigenvalue weighted by molar-refractivity contribution is 5.73. The maximum Gasteiger partial charge on any atom is 0.416 e. The van der Waals surface area contributed by atoms with Gasteiger partial charge in [0.05, 0.1) is 16.9 Å². The molecule has 1 aliphatic rings. The van der Waals surface area contributed by atoms with Crippen molar-refractivity contribution in [1.29, 1.82) is 0 Å². The second-order valence-corrected chi connectivity index (χ2v) is 6.61. The molecule has 2 heterocycles. The topological polar surface area (TPSA) is 29.9 Å². The molecule has 0 saturated carbocycles. The minimum Gasteiger partial charge on any atom is -0.369 e. The van der Waals surface area contributed by atoms with E-state index >= 15 is 0 Å². The van der Waals surface area contributed by atoms with E-state index in [9.17, 15) is 13.2 Å². The van der Waals surface area contributed by atoms with Crippen LogP contribution < -0.4 is 5.32 Å². The van der Waals surface area contributed by atoms with Crippen molar-refractivity contribution in [3.8, 4) is 16.9 Å². The number of halogens is 3. The zero-order valence-corrected chi connectivity index (χ0v) is 14.5. The summed E-state index contributed by atoms with van der Waals surface area (Å²) in [6.45, 7) is 4.83. The lowest BCUT2D eigenvalue weighted by Gasteiger charge is -2.09. The number of rotatable bonds is 2. The van der Waals surface area contributed by atoms with E-state index < -0.39 is 11.7 Å². The van der Waals surface area contributed by atoms with Gasteiger partial charge in [0.25, 0.3) is 0 Å². The first-order valence-corrected chi connectivity index (χ1v) is 8.45. The molecule has 0 aliphatic carbocycles. The Balaban J connectivity index is 1.86. The Kier molecular flexibility index (Phi) is 3.79. The van der Waals surface area contributed by atoms with Gasteiger partial charge in [0.2, 0.25) is 0 Å². The summed E-state index contributed by atoms with van der Waals surface area (Å²) in [6.07, 6.45) is -3.63. The number of hydrogen-bond acceptors (Lipinski definition) is 2. The molecule has 26 heavy (non-hydrogen) atoms. The van der Waals surface area contributed by atoms with E-state index in [1.807, 2.05) is 32.0 Å². The van der Waals surface area contributed by atoms with Crippen molar-refractivity contribution in [2.45, 2.75) is 26.4 Å². The van der Waals surface area contributed by atoms with Crippen molar-refractivity contribution in [2.24, 2.45) is 0 Å². The lowest BCUT2D eigenvalue weighted by atomic mass is 10.0. The lowest BCUT2D eigenvalue weighted by Crippen LogP contribution is -2.06. The Morgan fingerprint density at radius 2 is 1.85 bits per heavy atom. The van der Waals surface area contributed by atoms with Crippen LogP contribution in [0.3, 0.4) is 0 Å². The molecule has 1 N–H and O–H groups in total. The Labute approximate surface area is 149 Å². The average molecular weight is 357 g/mol. The summed E-state index contributed by atoms with van der Waals surface area (Å²) in [5.41, 5.74) is 4.63. The fraction of sp³-hybridized carbons (Fsp3) is 0.250. The van der Waals surface area contributed by atoms with Gasteiger partial charge in [-0.15, -0.1) is 0 Å². The minimum atomic E-state index is -4.37. The quantitative estimate of drug-likeness (QED) is 0.688. The van der Waals surface area contributed by atoms with Crippen molar-refractivity contribution in [3.63, 3.8) is 0 Å². The normalized spacial score (nSPS) is 13.6. The highest BCUT2D eigenvalue weighted by Crippen LogP contribution is 2.37. The van der Waals surface area contributed by atoms with Gasteiger partial charge in [-0.1, -0.05) is 18.2 Å². The Hall–Kier alpha value is -2.76. The average Bonchev–Trinajstić information content (AvgIpc) is 3.19. The number of hydrogen-bond donors (Lipinski definition) is 1. The third-order valence-electron chi connectivity index (χ3n) is 4.85. The lowest BCUT2D eigenvalue weighted by molar-refractivity contribution is -0.137. The zero-order chi connectivity index (χ0) is 18.5. The third kappa shape index (κ3) is 2.75. The standard InChI is InChI=1S/C20H18F3N3/c1-12-6-7-16(10-13(12)2)26-19-17(8-9-24-19)18(25-26)14-4-3-5-15(11-14)20(21,22)23/h3-7,10-11,24H,8-9H2,1-2H3. The number of alkyl halides is 3. The van der Waals surface area contributed by atoms with Crippen LogP contribution in [0.25, 0.3) is 16.9 Å². The largest absolute Gasteiger partial charge is 0.416 e. The molecule has 1 aromatic heterocycles. The van der Waals surface area contributed by atoms with Crippen LogP contribution in [-0.4, -0.2) is 16.3 Å². The Morgan fingerprint density at radius 1 is 1.04 bits per heavy atom. The van der Waals surface area contributed by atoms with Gasteiger partial charge in [-0.3, -0.25) is 0 Å². The molecule has 0 spiro atoms. The molecule has 0 fully saturated rings. The van der Waals surface area contributed by atoms with Crippen LogP contribution >= 0.6 is 0 Å². The highest BCUT2D eigenvalue weighted by Gasteiger charge is 2.31. The van der Waals surface area contributed by atoms with Crippen LogP contribution in [0.4, 0.5) is 19.0 Å². The maximum atomic E-state index is 13.1. The van der Waals surface area contributed by atoms with E-state index in [2.05, 4.69) is 10.4 Å². The number of benzene rings is 2. The molecule has 0 radical (unpaired) electrons. The van der Waals surface area contributed by atoms with Crippen LogP contribution in [0, 0.1) is 13.8 Å². The Bertz CT molecular complexity index is 986. The Morgan fingerprint density at radius 3 is 2.58 bits per heavy atom. The van der Waals surface area contributed by atoms with E-state index in [0.717, 1.165) is 41.7 Å². The van der Waals surface area contributed by atoms with Crippen molar-refractivity contribution >= 4 is 5.82 Å². The van der Waals surface area contributed by atoms with Gasteiger partial charge in [0, 0.05) is 17.7 Å². The molecule has 2 aromatic carbocycles. The fourth-order valence-electron chi connectivity index (χ4n) is 3.29. The van der Waals surface area contributed by atoms with Gasteiger partial charge in [-0.25, -0.2) is 4.68 Å². The molecular formula is C20H18F3N3. The van der Waals surface area contributed by atoms with Crippen LogP contribution in [0.5, 0.6) is 0 Å². The minimum absolute atomic E-state index is 0.488. The van der Waals surface area contributed by atoms with Gasteiger partial charge in [-0.05, 0) is 55.7 Å². The van der Waals surface area contributed by atoms with Crippen LogP contribution in [-0.2, 0) is 12.6 Å². The van der Waals surface area contributed by atoms with Crippen molar-refractivity contribution in [3.05, 3.63) is 64.7 Å². The second kappa shape index (κ2) is 5.90. The molecule has 0 unspecified atom stereocenters. The van der Waals surface area contributed by atoms with Gasteiger partial charge < -0.3 is 5.32 Å². The summed E-state index contributed by atoms with van der Waals surface area (Å²) in [7, 11) is 0. The monoisotopic (exact) mass is 357 g/mol. The van der Waals surface area contributed by atoms with Crippen LogP contribution in [0.15, 0.2) is 42.5 Å². The van der Waals surface area contributed by atoms with E-state index in [0.29, 0.717) is 11.3 Å². The number of aromatic nitrogens is 2. The third-order valence-corrected chi connectivity index (χ3v) is 4.85. The van der Waals surface area contributed by atoms with E-state index in [4.69, 9.17) is 0 Å². The fourth-order valence-corrected chi connectivity index (χ4v) is 3.29. The summed E-state index contributed by atoms with van der Waals surface area (Å²) in [5.74, 6) is 0.862. The second-order valence-electron chi connectivity index (χ2n) is 6.61. The molecule has 0 atom stereocenters. The van der Waals surface area contributed by atoms with E-state index in [1.54, 1.807) is 10.7 Å². The van der Waals surface area contributed by atoms with Gasteiger partial charge >= 0.3 is 6.18 Å². The predicted molar refractivity (Wildman–Crippen MR) is 95.7 cm³/mol. The van der Waals surface area contributed by atoms with Crippen molar-refractivity contribution in [1.82, 2.24) is 9.78 Å². The summed E-state index contributed by atoms with van der Waals surface area (Å²) in [5, 5.41) is 7.97. The zero-order valence-electron chi connectivity index (χ0n) is 14.5. The number of anilines is 1. The first-order chi connectivity index (χ1) is 12.3. The number of aryl methyl sites for hydroxylation is 2. The number of nitrogens with one attached hydrogen (secondary N) is 1. The smallest absolute Gasteiger partial charge is 0.369 e. The van der Waals surface area contributed by atoms with Gasteiger partial charge in [-0.2, -0.15) is 18.3 Å². The van der Waals surface area contributed by atoms with Gasteiger partial charge in [0.1, 0.15) is 5.82 Å². The molecule has 1 aliphatic heterocycles. The summed E-state index contributed by atoms with van der Waals surface area (Å²) < 4.78 is 41.0. The molecule has 0 bridgehead atoms. The van der Waals surface area contributed by atoms with Crippen molar-refractivity contribution in [2.75, 3.05) is 11.9 Å². The predicted octanol–water partition coefficient (Wildman–Crippen LogP) is 5.14. The number of fused-ring (bicyclic) bond motifs is 1. The van der Waals surface area contributed by atoms with Crippen LogP contribution in [0.1, 0.15) is 22.3 Å². The summed E-state index contributed by atoms with van der Waals surface area (Å²) >= 11 is 0.